The van der Waals surface area contributed by atoms with Crippen molar-refractivity contribution in [1.29, 1.82) is 0 Å². The van der Waals surface area contributed by atoms with Gasteiger partial charge in [-0.2, -0.15) is 0 Å². The summed E-state index contributed by atoms with van der Waals surface area (Å²) in [4.78, 5) is 11.5. The number of rotatable bonds is 3. The van der Waals surface area contributed by atoms with Gasteiger partial charge in [-0.15, -0.1) is 0 Å². The van der Waals surface area contributed by atoms with Crippen LogP contribution in [0.2, 0.25) is 14.8 Å². The molecule has 0 spiro atoms. The van der Waals surface area contributed by atoms with Gasteiger partial charge in [-0.1, -0.05) is 0 Å². The van der Waals surface area contributed by atoms with Gasteiger partial charge in [0, 0.05) is 0 Å². The first-order valence-corrected chi connectivity index (χ1v) is 6.37. The molecule has 2 N–H and O–H groups in total. The molecule has 16 heavy (non-hydrogen) atoms. The van der Waals surface area contributed by atoms with Crippen LogP contribution in [0, 0.1) is 0 Å². The topological polar surface area (TPSA) is 49.3 Å². The molecule has 0 saturated heterocycles. The standard InChI is InChI=1S/C10H10AsCl2NO2/c1-5(11)10(16)14-9-3-7(12)6(4-15)2-8(9)13/h2-3,5,15H,4H2,1H3,(H,14,16)/t5-/m0/s1. The SMILES string of the molecule is C[C@H]([As])C(=O)Nc1cc(Cl)c(CO)cc1Cl. The zero-order chi connectivity index (χ0) is 12.3. The number of carbonyl (C=O) groups excluding carboxylic acids is 1. The van der Waals surface area contributed by atoms with Crippen LogP contribution >= 0.6 is 23.2 Å². The molecular formula is C10H10AsCl2NO2. The Balaban J connectivity index is 2.98. The van der Waals surface area contributed by atoms with Crippen molar-refractivity contribution in [3.05, 3.63) is 27.7 Å². The van der Waals surface area contributed by atoms with Gasteiger partial charge in [0.05, 0.1) is 0 Å². The summed E-state index contributed by atoms with van der Waals surface area (Å²) in [6.45, 7) is 1.57. The van der Waals surface area contributed by atoms with E-state index >= 15 is 0 Å². The maximum atomic E-state index is 11.5. The summed E-state index contributed by atoms with van der Waals surface area (Å²) in [5.41, 5.74) is 0.983. The molecule has 0 bridgehead atoms. The van der Waals surface area contributed by atoms with Crippen LogP contribution in [-0.4, -0.2) is 27.9 Å². The average Bonchev–Trinajstić information content (AvgIpc) is 2.22. The van der Waals surface area contributed by atoms with Crippen LogP contribution in [0.25, 0.3) is 0 Å². The summed E-state index contributed by atoms with van der Waals surface area (Å²) in [6, 6.07) is 3.07. The molecule has 0 aromatic heterocycles. The number of nitrogens with one attached hydrogen (secondary N) is 1. The number of halogens is 2. The molecule has 0 aliphatic carbocycles. The number of aliphatic hydroxyl groups is 1. The maximum absolute atomic E-state index is 11.5. The van der Waals surface area contributed by atoms with E-state index in [4.69, 9.17) is 28.3 Å². The fourth-order valence-corrected chi connectivity index (χ4v) is 1.63. The van der Waals surface area contributed by atoms with E-state index in [1.54, 1.807) is 6.92 Å². The number of amides is 1. The van der Waals surface area contributed by atoms with Crippen molar-refractivity contribution < 1.29 is 9.90 Å². The number of hydrogen-bond donors (Lipinski definition) is 2. The molecule has 0 fully saturated rings. The Hall–Kier alpha value is -0.212. The van der Waals surface area contributed by atoms with Crippen molar-refractivity contribution in [2.45, 2.75) is 18.2 Å². The molecule has 0 aliphatic heterocycles. The molecule has 6 heteroatoms. The average molecular weight is 322 g/mol. The molecule has 1 amide bonds. The van der Waals surface area contributed by atoms with E-state index in [1.807, 2.05) is 0 Å². The van der Waals surface area contributed by atoms with Gasteiger partial charge in [-0.3, -0.25) is 0 Å². The fraction of sp³-hybridized carbons (Fsp3) is 0.300. The molecule has 1 rings (SSSR count). The molecule has 0 heterocycles. The number of aliphatic hydroxyl groups excluding tert-OH is 1. The van der Waals surface area contributed by atoms with Crippen molar-refractivity contribution in [2.75, 3.05) is 5.32 Å². The van der Waals surface area contributed by atoms with Crippen molar-refractivity contribution >= 4 is 51.6 Å². The zero-order valence-electron chi connectivity index (χ0n) is 8.50. The van der Waals surface area contributed by atoms with Crippen LogP contribution in [0.15, 0.2) is 12.1 Å². The van der Waals surface area contributed by atoms with Crippen LogP contribution < -0.4 is 5.32 Å². The first-order chi connectivity index (χ1) is 7.45. The number of benzene rings is 1. The van der Waals surface area contributed by atoms with E-state index in [9.17, 15) is 4.79 Å². The second-order valence-electron chi connectivity index (χ2n) is 3.25. The minimum absolute atomic E-state index is 0.158. The second-order valence-corrected chi connectivity index (χ2v) is 5.69. The summed E-state index contributed by atoms with van der Waals surface area (Å²) in [7, 11) is 0. The molecule has 0 unspecified atom stereocenters. The van der Waals surface area contributed by atoms with E-state index in [-0.39, 0.29) is 17.2 Å². The van der Waals surface area contributed by atoms with Crippen LogP contribution in [0.4, 0.5) is 5.69 Å². The third-order valence-electron chi connectivity index (χ3n) is 1.94. The predicted molar refractivity (Wildman–Crippen MR) is 66.2 cm³/mol. The van der Waals surface area contributed by atoms with Gasteiger partial charge >= 0.3 is 113 Å². The van der Waals surface area contributed by atoms with Crippen molar-refractivity contribution in [2.24, 2.45) is 0 Å². The normalized spacial score (nSPS) is 12.3. The number of hydrogen-bond acceptors (Lipinski definition) is 2. The van der Waals surface area contributed by atoms with Crippen molar-refractivity contribution in [1.82, 2.24) is 0 Å². The summed E-state index contributed by atoms with van der Waals surface area (Å²) in [5, 5.41) is 12.4. The van der Waals surface area contributed by atoms with Gasteiger partial charge in [0.15, 0.2) is 0 Å². The summed E-state index contributed by atoms with van der Waals surface area (Å²) in [5.74, 6) is -0.158. The molecule has 1 atom stereocenters. The van der Waals surface area contributed by atoms with Gasteiger partial charge in [0.2, 0.25) is 0 Å². The third kappa shape index (κ3) is 3.39. The Morgan fingerprint density at radius 2 is 2.12 bits per heavy atom. The van der Waals surface area contributed by atoms with Crippen LogP contribution in [0.1, 0.15) is 12.5 Å². The third-order valence-corrected chi connectivity index (χ3v) is 3.10. The summed E-state index contributed by atoms with van der Waals surface area (Å²) >= 11 is 14.1. The summed E-state index contributed by atoms with van der Waals surface area (Å²) in [6.07, 6.45) is 0. The molecule has 0 saturated carbocycles. The molecule has 2 radical (unpaired) electrons. The van der Waals surface area contributed by atoms with Gasteiger partial charge in [-0.25, -0.2) is 0 Å². The molecule has 0 aliphatic rings. The van der Waals surface area contributed by atoms with Gasteiger partial charge in [0.25, 0.3) is 0 Å². The van der Waals surface area contributed by atoms with Crippen molar-refractivity contribution in [3.63, 3.8) is 0 Å². The van der Waals surface area contributed by atoms with Gasteiger partial charge in [-0.05, 0) is 0 Å². The molecule has 3 nitrogen and oxygen atoms in total. The second kappa shape index (κ2) is 5.92. The van der Waals surface area contributed by atoms with E-state index < -0.39 is 0 Å². The Bertz CT molecular complexity index is 410. The molecular weight excluding hydrogens is 312 g/mol. The van der Waals surface area contributed by atoms with E-state index in [0.29, 0.717) is 21.3 Å². The molecule has 1 aromatic carbocycles. The van der Waals surface area contributed by atoms with Crippen LogP contribution in [0.5, 0.6) is 0 Å². The number of anilines is 1. The minimum atomic E-state index is -0.195. The zero-order valence-corrected chi connectivity index (χ0v) is 11.9. The Morgan fingerprint density at radius 3 is 2.62 bits per heavy atom. The monoisotopic (exact) mass is 321 g/mol. The van der Waals surface area contributed by atoms with E-state index in [1.165, 1.54) is 12.1 Å². The predicted octanol–water partition coefficient (Wildman–Crippen LogP) is 2.40. The van der Waals surface area contributed by atoms with Crippen LogP contribution in [-0.2, 0) is 11.4 Å². The first-order valence-electron chi connectivity index (χ1n) is 4.53. The van der Waals surface area contributed by atoms with E-state index in [2.05, 4.69) is 22.2 Å². The van der Waals surface area contributed by atoms with E-state index in [0.717, 1.165) is 0 Å². The Labute approximate surface area is 113 Å². The first kappa shape index (κ1) is 13.9. The molecule has 1 aromatic rings. The van der Waals surface area contributed by atoms with Crippen molar-refractivity contribution in [3.8, 4) is 0 Å². The Kier molecular flexibility index (Phi) is 5.13. The Morgan fingerprint density at radius 1 is 1.50 bits per heavy atom. The van der Waals surface area contributed by atoms with Gasteiger partial charge in [0.1, 0.15) is 0 Å². The fourth-order valence-electron chi connectivity index (χ4n) is 1.04. The summed E-state index contributed by atoms with van der Waals surface area (Å²) < 4.78 is -0.195. The van der Waals surface area contributed by atoms with Gasteiger partial charge < -0.3 is 0 Å². The molecule has 86 valence electrons. The number of carbonyl (C=O) groups is 1. The van der Waals surface area contributed by atoms with Crippen LogP contribution in [0.3, 0.4) is 0 Å². The quantitative estimate of drug-likeness (QED) is 0.840.